The average molecular weight is 408 g/mol. The van der Waals surface area contributed by atoms with Gasteiger partial charge in [0.15, 0.2) is 11.5 Å². The van der Waals surface area contributed by atoms with Crippen LogP contribution in [0, 0.1) is 5.92 Å². The Morgan fingerprint density at radius 1 is 1.24 bits per heavy atom. The van der Waals surface area contributed by atoms with Crippen LogP contribution in [-0.2, 0) is 0 Å². The Balaban J connectivity index is 0.00000256. The third-order valence-electron chi connectivity index (χ3n) is 5.31. The van der Waals surface area contributed by atoms with Gasteiger partial charge in [0.05, 0.1) is 6.42 Å². The molecule has 0 spiro atoms. The maximum absolute atomic E-state index is 12.9. The summed E-state index contributed by atoms with van der Waals surface area (Å²) in [5.74, 6) is 0.106. The number of carbonyl (C=O) groups is 1. The van der Waals surface area contributed by atoms with Crippen molar-refractivity contribution in [2.75, 3.05) is 13.1 Å². The zero-order valence-electron chi connectivity index (χ0n) is 15.7. The van der Waals surface area contributed by atoms with E-state index in [0.717, 1.165) is 31.1 Å². The molecule has 0 atom stereocenters. The maximum atomic E-state index is 12.9. The fraction of sp³-hybridized carbons (Fsp3) is 0.450. The van der Waals surface area contributed by atoms with E-state index in [-0.39, 0.29) is 19.6 Å². The van der Waals surface area contributed by atoms with E-state index in [1.54, 1.807) is 18.3 Å². The van der Waals surface area contributed by atoms with Crippen molar-refractivity contribution in [2.45, 2.75) is 38.3 Å². The summed E-state index contributed by atoms with van der Waals surface area (Å²) in [5.41, 5.74) is 1.15. The summed E-state index contributed by atoms with van der Waals surface area (Å²) >= 11 is 0. The molecule has 156 valence electrons. The lowest BCUT2D eigenvalue weighted by Gasteiger charge is -2.25. The first kappa shape index (κ1) is 19.5. The Kier molecular flexibility index (Phi) is 5.29. The van der Waals surface area contributed by atoms with Crippen molar-refractivity contribution in [2.24, 2.45) is 5.92 Å². The van der Waals surface area contributed by atoms with E-state index in [2.05, 4.69) is 15.0 Å². The highest BCUT2D eigenvalue weighted by atomic mass is 19.4. The standard InChI is InChI=1S/C20H21F3N4O2.H2/c21-20(22,23)8-10-27(11-13-3-1-2-4-13)19(28)16-6-5-15(29-16)17-14-7-9-24-18(14)26-12-25-17;/h5-7,9,12-13H,1-4,8,10-11H2,(H,24,25,26);1H. The maximum Gasteiger partial charge on any atom is 0.390 e. The molecule has 4 rings (SSSR count). The highest BCUT2D eigenvalue weighted by Crippen LogP contribution is 2.30. The van der Waals surface area contributed by atoms with Crippen molar-refractivity contribution < 1.29 is 23.8 Å². The third-order valence-corrected chi connectivity index (χ3v) is 5.31. The van der Waals surface area contributed by atoms with E-state index in [4.69, 9.17) is 4.42 Å². The summed E-state index contributed by atoms with van der Waals surface area (Å²) in [6.45, 7) is -0.0507. The van der Waals surface area contributed by atoms with E-state index in [1.165, 1.54) is 17.3 Å². The lowest BCUT2D eigenvalue weighted by Crippen LogP contribution is -2.37. The number of hydrogen-bond donors (Lipinski definition) is 1. The van der Waals surface area contributed by atoms with Crippen molar-refractivity contribution in [3.63, 3.8) is 0 Å². The second kappa shape index (κ2) is 7.88. The van der Waals surface area contributed by atoms with Crippen molar-refractivity contribution in [1.82, 2.24) is 19.9 Å². The first-order chi connectivity index (χ1) is 13.9. The minimum atomic E-state index is -4.32. The van der Waals surface area contributed by atoms with Crippen LogP contribution in [-0.4, -0.2) is 45.0 Å². The van der Waals surface area contributed by atoms with Crippen molar-refractivity contribution in [3.05, 3.63) is 36.5 Å². The Bertz CT molecular complexity index is 995. The molecule has 1 aliphatic carbocycles. The van der Waals surface area contributed by atoms with E-state index in [9.17, 15) is 18.0 Å². The quantitative estimate of drug-likeness (QED) is 0.619. The van der Waals surface area contributed by atoms with Gasteiger partial charge in [0.2, 0.25) is 0 Å². The second-order valence-corrected chi connectivity index (χ2v) is 7.39. The molecule has 1 saturated carbocycles. The van der Waals surface area contributed by atoms with Gasteiger partial charge >= 0.3 is 6.18 Å². The van der Waals surface area contributed by atoms with E-state index in [1.807, 2.05) is 0 Å². The van der Waals surface area contributed by atoms with Crippen LogP contribution in [0.4, 0.5) is 13.2 Å². The third kappa shape index (κ3) is 4.44. The summed E-state index contributed by atoms with van der Waals surface area (Å²) in [4.78, 5) is 25.5. The normalized spacial score (nSPS) is 15.3. The zero-order valence-corrected chi connectivity index (χ0v) is 15.7. The number of nitrogens with one attached hydrogen (secondary N) is 1. The van der Waals surface area contributed by atoms with Gasteiger partial charge in [-0.25, -0.2) is 9.97 Å². The Morgan fingerprint density at radius 2 is 2.03 bits per heavy atom. The number of carbonyl (C=O) groups excluding carboxylic acids is 1. The first-order valence-corrected chi connectivity index (χ1v) is 9.65. The molecule has 1 fully saturated rings. The van der Waals surface area contributed by atoms with E-state index < -0.39 is 18.5 Å². The molecular weight excluding hydrogens is 385 g/mol. The molecule has 3 heterocycles. The molecule has 29 heavy (non-hydrogen) atoms. The predicted octanol–water partition coefficient (Wildman–Crippen LogP) is 5.05. The zero-order chi connectivity index (χ0) is 20.4. The number of H-pyrrole nitrogens is 1. The lowest BCUT2D eigenvalue weighted by atomic mass is 10.1. The molecule has 0 aromatic carbocycles. The van der Waals surface area contributed by atoms with Crippen molar-refractivity contribution in [1.29, 1.82) is 0 Å². The minimum absolute atomic E-state index is 0. The Labute approximate surface area is 166 Å². The summed E-state index contributed by atoms with van der Waals surface area (Å²) in [5, 5.41) is 0.737. The van der Waals surface area contributed by atoms with Gasteiger partial charge in [-0.3, -0.25) is 4.79 Å². The van der Waals surface area contributed by atoms with Crippen LogP contribution in [0.5, 0.6) is 0 Å². The second-order valence-electron chi connectivity index (χ2n) is 7.39. The van der Waals surface area contributed by atoms with Gasteiger partial charge in [0, 0.05) is 26.1 Å². The topological polar surface area (TPSA) is 75.0 Å². The highest BCUT2D eigenvalue weighted by molar-refractivity contribution is 5.93. The average Bonchev–Trinajstić information content (AvgIpc) is 3.44. The number of hydrogen-bond acceptors (Lipinski definition) is 4. The number of nitrogens with zero attached hydrogens (tertiary/aromatic N) is 3. The molecule has 0 saturated heterocycles. The lowest BCUT2D eigenvalue weighted by molar-refractivity contribution is -0.136. The van der Waals surface area contributed by atoms with Crippen LogP contribution in [0.3, 0.4) is 0 Å². The van der Waals surface area contributed by atoms with Crippen LogP contribution in [0.15, 0.2) is 35.1 Å². The monoisotopic (exact) mass is 408 g/mol. The molecule has 0 unspecified atom stereocenters. The van der Waals surface area contributed by atoms with Gasteiger partial charge in [-0.2, -0.15) is 13.2 Å². The van der Waals surface area contributed by atoms with E-state index in [0.29, 0.717) is 23.6 Å². The predicted molar refractivity (Wildman–Crippen MR) is 102 cm³/mol. The molecule has 0 radical (unpaired) electrons. The number of amides is 1. The number of aromatic nitrogens is 3. The molecule has 9 heteroatoms. The molecule has 1 aliphatic rings. The number of rotatable bonds is 6. The number of halogens is 3. The summed E-state index contributed by atoms with van der Waals surface area (Å²) in [7, 11) is 0. The SMILES string of the molecule is O=C(c1ccc(-c2ncnc3[nH]ccc23)o1)N(CCC(F)(F)F)CC1CCCC1.[HH]. The van der Waals surface area contributed by atoms with Gasteiger partial charge in [0.25, 0.3) is 5.91 Å². The summed E-state index contributed by atoms with van der Waals surface area (Å²) < 4.78 is 44.0. The van der Waals surface area contributed by atoms with Gasteiger partial charge < -0.3 is 14.3 Å². The highest BCUT2D eigenvalue weighted by Gasteiger charge is 2.31. The molecule has 3 aromatic heterocycles. The van der Waals surface area contributed by atoms with Crippen LogP contribution in [0.1, 0.15) is 44.1 Å². The Hall–Kier alpha value is -2.84. The van der Waals surface area contributed by atoms with Crippen LogP contribution in [0.25, 0.3) is 22.5 Å². The molecule has 0 bridgehead atoms. The smallest absolute Gasteiger partial charge is 0.390 e. The van der Waals surface area contributed by atoms with Crippen LogP contribution >= 0.6 is 0 Å². The number of fused-ring (bicyclic) bond motifs is 1. The molecular formula is C20H23F3N4O2. The Morgan fingerprint density at radius 3 is 2.79 bits per heavy atom. The van der Waals surface area contributed by atoms with Gasteiger partial charge in [-0.1, -0.05) is 12.8 Å². The molecule has 3 aromatic rings. The number of aromatic amines is 1. The van der Waals surface area contributed by atoms with Crippen LogP contribution in [0.2, 0.25) is 0 Å². The largest absolute Gasteiger partial charge is 0.449 e. The molecule has 0 aliphatic heterocycles. The fourth-order valence-electron chi connectivity index (χ4n) is 3.85. The minimum Gasteiger partial charge on any atom is -0.449 e. The molecule has 1 amide bonds. The fourth-order valence-corrected chi connectivity index (χ4v) is 3.85. The van der Waals surface area contributed by atoms with Gasteiger partial charge in [-0.15, -0.1) is 0 Å². The van der Waals surface area contributed by atoms with Crippen molar-refractivity contribution >= 4 is 16.9 Å². The molecule has 6 nitrogen and oxygen atoms in total. The summed E-state index contributed by atoms with van der Waals surface area (Å²) in [6.07, 6.45) is 1.73. The first-order valence-electron chi connectivity index (χ1n) is 9.65. The van der Waals surface area contributed by atoms with Crippen LogP contribution < -0.4 is 0 Å². The molecule has 1 N–H and O–H groups in total. The van der Waals surface area contributed by atoms with E-state index >= 15 is 0 Å². The number of furan rings is 1. The number of alkyl halides is 3. The van der Waals surface area contributed by atoms with Crippen molar-refractivity contribution in [3.8, 4) is 11.5 Å². The van der Waals surface area contributed by atoms with Gasteiger partial charge in [-0.05, 0) is 37.0 Å². The summed E-state index contributed by atoms with van der Waals surface area (Å²) in [6, 6.07) is 4.90. The van der Waals surface area contributed by atoms with Gasteiger partial charge in [0.1, 0.15) is 17.7 Å².